The van der Waals surface area contributed by atoms with E-state index in [0.717, 1.165) is 24.8 Å². The summed E-state index contributed by atoms with van der Waals surface area (Å²) in [5, 5.41) is 3.01. The summed E-state index contributed by atoms with van der Waals surface area (Å²) < 4.78 is 5.17. The van der Waals surface area contributed by atoms with Crippen LogP contribution in [0.3, 0.4) is 0 Å². The maximum Gasteiger partial charge on any atom is 0.331 e. The molecule has 4 nitrogen and oxygen atoms in total. The van der Waals surface area contributed by atoms with Crippen LogP contribution in [-0.2, 0) is 14.3 Å². The van der Waals surface area contributed by atoms with Crippen LogP contribution in [0, 0.1) is 5.92 Å². The first-order valence-corrected chi connectivity index (χ1v) is 8.30. The van der Waals surface area contributed by atoms with Gasteiger partial charge in [0.15, 0.2) is 6.10 Å². The van der Waals surface area contributed by atoms with Gasteiger partial charge in [0.1, 0.15) is 0 Å². The van der Waals surface area contributed by atoms with E-state index in [2.05, 4.69) is 12.2 Å². The average molecular weight is 315 g/mol. The normalized spacial score (nSPS) is 22.5. The first kappa shape index (κ1) is 17.3. The van der Waals surface area contributed by atoms with E-state index < -0.39 is 12.1 Å². The third-order valence-electron chi connectivity index (χ3n) is 4.31. The fourth-order valence-electron chi connectivity index (χ4n) is 2.83. The van der Waals surface area contributed by atoms with E-state index in [1.807, 2.05) is 30.3 Å². The molecule has 0 aliphatic heterocycles. The Morgan fingerprint density at radius 1 is 1.22 bits per heavy atom. The molecular weight excluding hydrogens is 290 g/mol. The second-order valence-corrected chi connectivity index (χ2v) is 6.20. The van der Waals surface area contributed by atoms with Crippen molar-refractivity contribution in [2.45, 2.75) is 51.7 Å². The largest absolute Gasteiger partial charge is 0.449 e. The lowest BCUT2D eigenvalue weighted by Gasteiger charge is -2.30. The Bertz CT molecular complexity index is 553. The van der Waals surface area contributed by atoms with Gasteiger partial charge < -0.3 is 10.1 Å². The molecule has 2 rings (SSSR count). The highest BCUT2D eigenvalue weighted by Crippen LogP contribution is 2.23. The summed E-state index contributed by atoms with van der Waals surface area (Å²) in [6, 6.07) is 9.68. The molecule has 1 N–H and O–H groups in total. The summed E-state index contributed by atoms with van der Waals surface area (Å²) in [5.41, 5.74) is 0.914. The summed E-state index contributed by atoms with van der Waals surface area (Å²) in [4.78, 5) is 24.0. The van der Waals surface area contributed by atoms with Crippen LogP contribution in [-0.4, -0.2) is 24.0 Å². The molecule has 1 aromatic rings. The van der Waals surface area contributed by atoms with E-state index in [1.165, 1.54) is 12.5 Å². The van der Waals surface area contributed by atoms with Crippen molar-refractivity contribution in [3.8, 4) is 0 Å². The third-order valence-corrected chi connectivity index (χ3v) is 4.31. The van der Waals surface area contributed by atoms with Crippen LogP contribution in [0.2, 0.25) is 0 Å². The standard InChI is InChI=1S/C19H25NO3/c1-14-8-6-7-11-17(14)20-19(22)15(2)23-18(21)13-12-16-9-4-3-5-10-16/h3-5,9-10,12-15,17H,6-8,11H2,1-2H3,(H,20,22)/b13-12+/t14-,15+,17+/m1/s1. The van der Waals surface area contributed by atoms with E-state index in [1.54, 1.807) is 13.0 Å². The maximum atomic E-state index is 12.2. The van der Waals surface area contributed by atoms with Crippen LogP contribution in [0.15, 0.2) is 36.4 Å². The smallest absolute Gasteiger partial charge is 0.331 e. The molecule has 1 aliphatic rings. The van der Waals surface area contributed by atoms with Gasteiger partial charge in [0.2, 0.25) is 0 Å². The number of benzene rings is 1. The summed E-state index contributed by atoms with van der Waals surface area (Å²) in [6.45, 7) is 3.76. The van der Waals surface area contributed by atoms with E-state index in [4.69, 9.17) is 4.74 Å². The molecule has 1 aliphatic carbocycles. The lowest BCUT2D eigenvalue weighted by Crippen LogP contribution is -2.45. The van der Waals surface area contributed by atoms with Crippen LogP contribution >= 0.6 is 0 Å². The van der Waals surface area contributed by atoms with Crippen LogP contribution in [0.25, 0.3) is 6.08 Å². The SMILES string of the molecule is C[C@H](OC(=O)/C=C/c1ccccc1)C(=O)N[C@H]1CCCC[C@H]1C. The van der Waals surface area contributed by atoms with Gasteiger partial charge in [-0.15, -0.1) is 0 Å². The lowest BCUT2D eigenvalue weighted by atomic mass is 9.86. The zero-order valence-corrected chi connectivity index (χ0v) is 13.8. The van der Waals surface area contributed by atoms with E-state index in [-0.39, 0.29) is 11.9 Å². The van der Waals surface area contributed by atoms with Crippen molar-refractivity contribution < 1.29 is 14.3 Å². The molecular formula is C19H25NO3. The monoisotopic (exact) mass is 315 g/mol. The summed E-state index contributed by atoms with van der Waals surface area (Å²) in [6.07, 6.45) is 6.75. The predicted molar refractivity (Wildman–Crippen MR) is 90.6 cm³/mol. The first-order valence-electron chi connectivity index (χ1n) is 8.30. The van der Waals surface area contributed by atoms with Crippen LogP contribution in [0.4, 0.5) is 0 Å². The predicted octanol–water partition coefficient (Wildman–Crippen LogP) is 3.33. The van der Waals surface area contributed by atoms with Gasteiger partial charge >= 0.3 is 5.97 Å². The molecule has 0 saturated heterocycles. The molecule has 0 heterocycles. The summed E-state index contributed by atoms with van der Waals surface area (Å²) in [7, 11) is 0. The molecule has 1 fully saturated rings. The van der Waals surface area contributed by atoms with Gasteiger partial charge in [-0.3, -0.25) is 4.79 Å². The van der Waals surface area contributed by atoms with Gasteiger partial charge in [0.25, 0.3) is 5.91 Å². The fraction of sp³-hybridized carbons (Fsp3) is 0.474. The minimum absolute atomic E-state index is 0.192. The number of hydrogen-bond acceptors (Lipinski definition) is 3. The van der Waals surface area contributed by atoms with E-state index in [0.29, 0.717) is 5.92 Å². The maximum absolute atomic E-state index is 12.2. The van der Waals surface area contributed by atoms with Gasteiger partial charge in [-0.25, -0.2) is 4.79 Å². The van der Waals surface area contributed by atoms with Gasteiger partial charge in [-0.1, -0.05) is 50.1 Å². The molecule has 1 aromatic carbocycles. The number of hydrogen-bond donors (Lipinski definition) is 1. The average Bonchev–Trinajstić information content (AvgIpc) is 2.56. The Morgan fingerprint density at radius 3 is 2.61 bits per heavy atom. The molecule has 23 heavy (non-hydrogen) atoms. The number of rotatable bonds is 5. The molecule has 0 unspecified atom stereocenters. The van der Waals surface area contributed by atoms with Crippen LogP contribution in [0.5, 0.6) is 0 Å². The molecule has 0 aromatic heterocycles. The zero-order chi connectivity index (χ0) is 16.7. The van der Waals surface area contributed by atoms with Crippen molar-refractivity contribution in [2.24, 2.45) is 5.92 Å². The van der Waals surface area contributed by atoms with Crippen molar-refractivity contribution in [1.29, 1.82) is 0 Å². The number of carbonyl (C=O) groups excluding carboxylic acids is 2. The number of nitrogens with one attached hydrogen (secondary N) is 1. The van der Waals surface area contributed by atoms with Crippen molar-refractivity contribution >= 4 is 18.0 Å². The summed E-state index contributed by atoms with van der Waals surface area (Å²) in [5.74, 6) is -0.244. The number of ether oxygens (including phenoxy) is 1. The topological polar surface area (TPSA) is 55.4 Å². The number of esters is 1. The molecule has 1 amide bonds. The Morgan fingerprint density at radius 2 is 1.91 bits per heavy atom. The van der Waals surface area contributed by atoms with Crippen LogP contribution < -0.4 is 5.32 Å². The fourth-order valence-corrected chi connectivity index (χ4v) is 2.83. The lowest BCUT2D eigenvalue weighted by molar-refractivity contribution is -0.150. The second-order valence-electron chi connectivity index (χ2n) is 6.20. The highest BCUT2D eigenvalue weighted by Gasteiger charge is 2.25. The Hall–Kier alpha value is -2.10. The van der Waals surface area contributed by atoms with Crippen LogP contribution in [0.1, 0.15) is 45.1 Å². The zero-order valence-electron chi connectivity index (χ0n) is 13.8. The highest BCUT2D eigenvalue weighted by molar-refractivity contribution is 5.90. The Labute approximate surface area is 137 Å². The van der Waals surface area contributed by atoms with Crippen molar-refractivity contribution in [3.63, 3.8) is 0 Å². The molecule has 124 valence electrons. The molecule has 4 heteroatoms. The Kier molecular flexibility index (Phi) is 6.39. The van der Waals surface area contributed by atoms with Gasteiger partial charge in [-0.2, -0.15) is 0 Å². The molecule has 0 radical (unpaired) electrons. The second kappa shape index (κ2) is 8.51. The molecule has 0 spiro atoms. The van der Waals surface area contributed by atoms with Crippen molar-refractivity contribution in [1.82, 2.24) is 5.32 Å². The number of amides is 1. The molecule has 1 saturated carbocycles. The van der Waals surface area contributed by atoms with E-state index in [9.17, 15) is 9.59 Å². The minimum atomic E-state index is -0.781. The number of carbonyl (C=O) groups is 2. The quantitative estimate of drug-likeness (QED) is 0.670. The summed E-state index contributed by atoms with van der Waals surface area (Å²) >= 11 is 0. The molecule has 3 atom stereocenters. The van der Waals surface area contributed by atoms with Gasteiger partial charge in [0, 0.05) is 12.1 Å². The molecule has 0 bridgehead atoms. The minimum Gasteiger partial charge on any atom is -0.449 e. The first-order chi connectivity index (χ1) is 11.1. The van der Waals surface area contributed by atoms with E-state index >= 15 is 0 Å². The van der Waals surface area contributed by atoms with Gasteiger partial charge in [-0.05, 0) is 37.3 Å². The highest BCUT2D eigenvalue weighted by atomic mass is 16.5. The van der Waals surface area contributed by atoms with Crippen molar-refractivity contribution in [2.75, 3.05) is 0 Å². The van der Waals surface area contributed by atoms with Crippen molar-refractivity contribution in [3.05, 3.63) is 42.0 Å². The van der Waals surface area contributed by atoms with Gasteiger partial charge in [0.05, 0.1) is 0 Å². The third kappa shape index (κ3) is 5.55. The Balaban J connectivity index is 1.80.